The fourth-order valence-corrected chi connectivity index (χ4v) is 4.30. The molecule has 3 aromatic rings. The topological polar surface area (TPSA) is 167 Å². The van der Waals surface area contributed by atoms with Crippen LogP contribution in [0.2, 0.25) is 0 Å². The molecule has 1 fully saturated rings. The van der Waals surface area contributed by atoms with E-state index in [0.29, 0.717) is 5.69 Å². The van der Waals surface area contributed by atoms with Crippen LogP contribution in [0.5, 0.6) is 5.75 Å². The van der Waals surface area contributed by atoms with E-state index in [1.807, 2.05) is 0 Å². The molecule has 0 aliphatic carbocycles. The molecule has 0 spiro atoms. The molecule has 0 N–H and O–H groups in total. The van der Waals surface area contributed by atoms with Crippen molar-refractivity contribution >= 4 is 34.8 Å². The van der Waals surface area contributed by atoms with Crippen LogP contribution in [0.1, 0.15) is 27.7 Å². The lowest BCUT2D eigenvalue weighted by atomic mass is 9.98. The van der Waals surface area contributed by atoms with Gasteiger partial charge in [-0.1, -0.05) is 6.07 Å². The van der Waals surface area contributed by atoms with Gasteiger partial charge < -0.3 is 32.8 Å². The van der Waals surface area contributed by atoms with Crippen molar-refractivity contribution in [3.05, 3.63) is 59.1 Å². The predicted octanol–water partition coefficient (Wildman–Crippen LogP) is 2.32. The molecule has 216 valence electrons. The molecule has 0 radical (unpaired) electrons. The van der Waals surface area contributed by atoms with E-state index in [9.17, 15) is 24.0 Å². The van der Waals surface area contributed by atoms with Gasteiger partial charge in [-0.25, -0.2) is 0 Å². The maximum absolute atomic E-state index is 13.1. The molecule has 0 saturated carbocycles. The van der Waals surface area contributed by atoms with E-state index in [1.165, 1.54) is 31.4 Å². The number of ether oxygens (including phenoxy) is 6. The molecule has 0 amide bonds. The summed E-state index contributed by atoms with van der Waals surface area (Å²) in [7, 11) is 0. The number of aromatic nitrogens is 1. The molecular formula is C28H27NO12. The monoisotopic (exact) mass is 569 g/mol. The van der Waals surface area contributed by atoms with Crippen LogP contribution in [0.25, 0.3) is 22.2 Å². The van der Waals surface area contributed by atoms with E-state index < -0.39 is 61.2 Å². The van der Waals surface area contributed by atoms with Gasteiger partial charge in [0.05, 0.1) is 16.6 Å². The van der Waals surface area contributed by atoms with Crippen LogP contribution in [0.3, 0.4) is 0 Å². The predicted molar refractivity (Wildman–Crippen MR) is 138 cm³/mol. The molecule has 0 unspecified atom stereocenters. The lowest BCUT2D eigenvalue weighted by molar-refractivity contribution is -0.288. The van der Waals surface area contributed by atoms with Gasteiger partial charge in [-0.3, -0.25) is 29.0 Å². The van der Waals surface area contributed by atoms with Crippen molar-refractivity contribution in [2.45, 2.75) is 58.4 Å². The average Bonchev–Trinajstić information content (AvgIpc) is 2.91. The molecule has 41 heavy (non-hydrogen) atoms. The van der Waals surface area contributed by atoms with Crippen molar-refractivity contribution in [2.75, 3.05) is 6.61 Å². The lowest BCUT2D eigenvalue weighted by Gasteiger charge is -2.43. The summed E-state index contributed by atoms with van der Waals surface area (Å²) in [4.78, 5) is 64.7. The first-order valence-corrected chi connectivity index (χ1v) is 12.5. The third-order valence-corrected chi connectivity index (χ3v) is 5.89. The third-order valence-electron chi connectivity index (χ3n) is 5.89. The van der Waals surface area contributed by atoms with Crippen molar-refractivity contribution in [2.24, 2.45) is 0 Å². The van der Waals surface area contributed by atoms with Crippen molar-refractivity contribution in [3.63, 3.8) is 0 Å². The Labute approximate surface area is 233 Å². The first-order valence-electron chi connectivity index (χ1n) is 12.5. The normalized spacial score (nSPS) is 21.9. The number of carbonyl (C=O) groups excluding carboxylic acids is 4. The van der Waals surface area contributed by atoms with E-state index >= 15 is 0 Å². The van der Waals surface area contributed by atoms with Crippen LogP contribution in [0, 0.1) is 0 Å². The molecule has 13 heteroatoms. The minimum atomic E-state index is -1.44. The van der Waals surface area contributed by atoms with Crippen molar-refractivity contribution in [3.8, 4) is 17.0 Å². The number of hydrogen-bond donors (Lipinski definition) is 0. The number of benzene rings is 1. The molecule has 1 aromatic carbocycles. The van der Waals surface area contributed by atoms with Crippen LogP contribution in [0.15, 0.2) is 58.1 Å². The molecule has 0 bridgehead atoms. The zero-order valence-corrected chi connectivity index (χ0v) is 22.6. The average molecular weight is 570 g/mol. The molecular weight excluding hydrogens is 542 g/mol. The number of hydrogen-bond acceptors (Lipinski definition) is 13. The Balaban J connectivity index is 1.70. The van der Waals surface area contributed by atoms with E-state index in [2.05, 4.69) is 4.98 Å². The molecule has 5 atom stereocenters. The molecule has 3 heterocycles. The number of esters is 4. The van der Waals surface area contributed by atoms with Crippen LogP contribution < -0.4 is 10.2 Å². The smallest absolute Gasteiger partial charge is 0.303 e. The molecule has 4 rings (SSSR count). The highest BCUT2D eigenvalue weighted by Crippen LogP contribution is 2.32. The van der Waals surface area contributed by atoms with E-state index in [1.54, 1.807) is 24.4 Å². The van der Waals surface area contributed by atoms with Gasteiger partial charge in [0.15, 0.2) is 12.2 Å². The summed E-state index contributed by atoms with van der Waals surface area (Å²) < 4.78 is 38.8. The van der Waals surface area contributed by atoms with Crippen LogP contribution in [-0.2, 0) is 42.9 Å². The Hall–Kier alpha value is -4.78. The molecule has 1 aliphatic heterocycles. The fourth-order valence-electron chi connectivity index (χ4n) is 4.30. The van der Waals surface area contributed by atoms with E-state index in [0.717, 1.165) is 20.8 Å². The second kappa shape index (κ2) is 12.6. The summed E-state index contributed by atoms with van der Waals surface area (Å²) in [6.07, 6.45) is -3.90. The van der Waals surface area contributed by atoms with Gasteiger partial charge in [0.25, 0.3) is 0 Å². The van der Waals surface area contributed by atoms with Gasteiger partial charge in [0.2, 0.25) is 17.8 Å². The Morgan fingerprint density at radius 2 is 1.54 bits per heavy atom. The van der Waals surface area contributed by atoms with Gasteiger partial charge in [0, 0.05) is 40.0 Å². The van der Waals surface area contributed by atoms with Gasteiger partial charge in [-0.15, -0.1) is 0 Å². The summed E-state index contributed by atoms with van der Waals surface area (Å²) in [5.41, 5.74) is 0.578. The van der Waals surface area contributed by atoms with Gasteiger partial charge in [-0.2, -0.15) is 0 Å². The number of carbonyl (C=O) groups is 4. The minimum Gasteiger partial charge on any atom is -0.463 e. The lowest BCUT2D eigenvalue weighted by Crippen LogP contribution is -2.63. The quantitative estimate of drug-likeness (QED) is 0.287. The standard InChI is InChI=1S/C28H27NO12/c1-14(30)35-13-23-25(37-15(2)31)26(38-16(3)32)27(39-17(4)33)28(41-23)40-18-8-9-19-22(11-18)36-12-20(24(19)34)21-7-5-6-10-29-21/h5-12,23,25-28H,13H2,1-4H3/t23-,25-,26+,27+,28-/m0/s1. The molecule has 1 saturated heterocycles. The summed E-state index contributed by atoms with van der Waals surface area (Å²) in [5, 5.41) is 0.252. The van der Waals surface area contributed by atoms with Crippen LogP contribution in [-0.4, -0.2) is 66.2 Å². The van der Waals surface area contributed by atoms with Crippen LogP contribution in [0.4, 0.5) is 0 Å². The maximum atomic E-state index is 13.1. The summed E-state index contributed by atoms with van der Waals surface area (Å²) >= 11 is 0. The highest BCUT2D eigenvalue weighted by molar-refractivity contribution is 5.82. The first kappa shape index (κ1) is 29.2. The second-order valence-corrected chi connectivity index (χ2v) is 9.04. The number of rotatable bonds is 8. The Kier molecular flexibility index (Phi) is 8.97. The van der Waals surface area contributed by atoms with Gasteiger partial charge in [-0.05, 0) is 24.3 Å². The molecule has 13 nitrogen and oxygen atoms in total. The van der Waals surface area contributed by atoms with Crippen molar-refractivity contribution < 1.29 is 52.0 Å². The summed E-state index contributed by atoms with van der Waals surface area (Å²) in [6, 6.07) is 9.52. The van der Waals surface area contributed by atoms with Gasteiger partial charge >= 0.3 is 23.9 Å². The van der Waals surface area contributed by atoms with E-state index in [-0.39, 0.29) is 27.7 Å². The number of nitrogens with zero attached hydrogens (tertiary/aromatic N) is 1. The van der Waals surface area contributed by atoms with Gasteiger partial charge in [0.1, 0.15) is 30.3 Å². The Morgan fingerprint density at radius 1 is 0.854 bits per heavy atom. The largest absolute Gasteiger partial charge is 0.463 e. The zero-order valence-electron chi connectivity index (χ0n) is 22.6. The highest BCUT2D eigenvalue weighted by atomic mass is 16.7. The highest BCUT2D eigenvalue weighted by Gasteiger charge is 2.53. The summed E-state index contributed by atoms with van der Waals surface area (Å²) in [5.74, 6) is -2.80. The van der Waals surface area contributed by atoms with E-state index in [4.69, 9.17) is 32.8 Å². The molecule has 2 aromatic heterocycles. The van der Waals surface area contributed by atoms with Crippen molar-refractivity contribution in [1.82, 2.24) is 4.98 Å². The Bertz CT molecular complexity index is 1500. The van der Waals surface area contributed by atoms with Crippen molar-refractivity contribution in [1.29, 1.82) is 0 Å². The maximum Gasteiger partial charge on any atom is 0.303 e. The van der Waals surface area contributed by atoms with Crippen LogP contribution >= 0.6 is 0 Å². The Morgan fingerprint density at radius 3 is 2.17 bits per heavy atom. The minimum absolute atomic E-state index is 0.132. The summed E-state index contributed by atoms with van der Waals surface area (Å²) in [6.45, 7) is 4.13. The zero-order chi connectivity index (χ0) is 29.7. The SMILES string of the molecule is CC(=O)OC[C@@H]1O[C@H](Oc2ccc3c(=O)c(-c4ccccn4)coc3c2)[C@H](OC(C)=O)[C@H](OC(C)=O)[C@H]1OC(C)=O. The third kappa shape index (κ3) is 7.06. The first-order chi connectivity index (χ1) is 19.5. The molecule has 1 aliphatic rings. The second-order valence-electron chi connectivity index (χ2n) is 9.04. The fraction of sp³-hybridized carbons (Fsp3) is 0.357. The number of pyridine rings is 1. The number of fused-ring (bicyclic) bond motifs is 1.